The van der Waals surface area contributed by atoms with Gasteiger partial charge in [-0.3, -0.25) is 9.69 Å². The molecule has 4 nitrogen and oxygen atoms in total. The first-order valence-electron chi connectivity index (χ1n) is 7.31. The standard InChI is InChI=1S/C16H24N2O2/c1-12-4-3-5-15(10-12)17-16(20)11-18-8-6-14(7-9-18)13(2)19/h3-5,10,13-14,19H,6-9,11H2,1-2H3,(H,17,20). The van der Waals surface area contributed by atoms with Crippen LogP contribution >= 0.6 is 0 Å². The lowest BCUT2D eigenvalue weighted by Crippen LogP contribution is -2.41. The number of benzene rings is 1. The van der Waals surface area contributed by atoms with Crippen LogP contribution in [0.4, 0.5) is 5.69 Å². The number of hydrogen-bond acceptors (Lipinski definition) is 3. The average Bonchev–Trinajstić information content (AvgIpc) is 2.39. The van der Waals surface area contributed by atoms with Crippen LogP contribution in [0.5, 0.6) is 0 Å². The third-order valence-corrected chi connectivity index (χ3v) is 3.98. The number of piperidine rings is 1. The highest BCUT2D eigenvalue weighted by molar-refractivity contribution is 5.92. The number of aliphatic hydroxyl groups excluding tert-OH is 1. The zero-order valence-electron chi connectivity index (χ0n) is 12.3. The molecule has 0 bridgehead atoms. The van der Waals surface area contributed by atoms with E-state index in [-0.39, 0.29) is 12.0 Å². The second kappa shape index (κ2) is 6.86. The van der Waals surface area contributed by atoms with E-state index < -0.39 is 0 Å². The lowest BCUT2D eigenvalue weighted by atomic mass is 9.92. The Labute approximate surface area is 120 Å². The van der Waals surface area contributed by atoms with Crippen LogP contribution in [0, 0.1) is 12.8 Å². The van der Waals surface area contributed by atoms with E-state index in [1.807, 2.05) is 38.1 Å². The molecule has 1 unspecified atom stereocenters. The number of likely N-dealkylation sites (tertiary alicyclic amines) is 1. The highest BCUT2D eigenvalue weighted by Crippen LogP contribution is 2.20. The fraction of sp³-hybridized carbons (Fsp3) is 0.562. The summed E-state index contributed by atoms with van der Waals surface area (Å²) in [6.45, 7) is 6.06. The SMILES string of the molecule is Cc1cccc(NC(=O)CN2CCC(C(C)O)CC2)c1. The molecule has 1 atom stereocenters. The topological polar surface area (TPSA) is 52.6 Å². The van der Waals surface area contributed by atoms with Crippen LogP contribution in [-0.4, -0.2) is 41.7 Å². The second-order valence-corrected chi connectivity index (χ2v) is 5.77. The van der Waals surface area contributed by atoms with E-state index in [1.165, 1.54) is 0 Å². The van der Waals surface area contributed by atoms with Gasteiger partial charge in [-0.1, -0.05) is 12.1 Å². The van der Waals surface area contributed by atoms with E-state index in [1.54, 1.807) is 0 Å². The monoisotopic (exact) mass is 276 g/mol. The Morgan fingerprint density at radius 2 is 2.15 bits per heavy atom. The molecule has 2 N–H and O–H groups in total. The highest BCUT2D eigenvalue weighted by atomic mass is 16.3. The summed E-state index contributed by atoms with van der Waals surface area (Å²) in [5, 5.41) is 12.5. The Morgan fingerprint density at radius 3 is 2.75 bits per heavy atom. The molecule has 0 aromatic heterocycles. The van der Waals surface area contributed by atoms with Crippen LogP contribution in [0.2, 0.25) is 0 Å². The van der Waals surface area contributed by atoms with Crippen molar-refractivity contribution in [3.63, 3.8) is 0 Å². The lowest BCUT2D eigenvalue weighted by molar-refractivity contribution is -0.117. The van der Waals surface area contributed by atoms with Crippen molar-refractivity contribution < 1.29 is 9.90 Å². The van der Waals surface area contributed by atoms with E-state index in [2.05, 4.69) is 10.2 Å². The van der Waals surface area contributed by atoms with Gasteiger partial charge < -0.3 is 10.4 Å². The molecule has 1 aliphatic rings. The summed E-state index contributed by atoms with van der Waals surface area (Å²) in [5.41, 5.74) is 1.99. The number of nitrogens with one attached hydrogen (secondary N) is 1. The first-order chi connectivity index (χ1) is 9.54. The summed E-state index contributed by atoms with van der Waals surface area (Å²) < 4.78 is 0. The Morgan fingerprint density at radius 1 is 1.45 bits per heavy atom. The van der Waals surface area contributed by atoms with Crippen LogP contribution in [0.15, 0.2) is 24.3 Å². The van der Waals surface area contributed by atoms with Crippen molar-refractivity contribution in [2.45, 2.75) is 32.8 Å². The summed E-state index contributed by atoms with van der Waals surface area (Å²) >= 11 is 0. The zero-order valence-corrected chi connectivity index (χ0v) is 12.3. The molecule has 0 aliphatic carbocycles. The number of amides is 1. The van der Waals surface area contributed by atoms with E-state index in [0.29, 0.717) is 12.5 Å². The van der Waals surface area contributed by atoms with Crippen molar-refractivity contribution >= 4 is 11.6 Å². The van der Waals surface area contributed by atoms with Crippen molar-refractivity contribution in [2.75, 3.05) is 25.0 Å². The van der Waals surface area contributed by atoms with Gasteiger partial charge in [0.05, 0.1) is 12.6 Å². The zero-order chi connectivity index (χ0) is 14.5. The van der Waals surface area contributed by atoms with Crippen LogP contribution in [0.3, 0.4) is 0 Å². The fourth-order valence-electron chi connectivity index (χ4n) is 2.72. The van der Waals surface area contributed by atoms with Gasteiger partial charge in [-0.25, -0.2) is 0 Å². The van der Waals surface area contributed by atoms with E-state index >= 15 is 0 Å². The molecule has 1 fully saturated rings. The van der Waals surface area contributed by atoms with Gasteiger partial charge in [-0.15, -0.1) is 0 Å². The number of carbonyl (C=O) groups excluding carboxylic acids is 1. The van der Waals surface area contributed by atoms with E-state index in [0.717, 1.165) is 37.2 Å². The van der Waals surface area contributed by atoms with Crippen molar-refractivity contribution in [1.29, 1.82) is 0 Å². The molecule has 1 aromatic rings. The summed E-state index contributed by atoms with van der Waals surface area (Å²) in [4.78, 5) is 14.2. The molecule has 1 aromatic carbocycles. The van der Waals surface area contributed by atoms with Crippen molar-refractivity contribution in [1.82, 2.24) is 4.90 Å². The minimum absolute atomic E-state index is 0.0334. The minimum Gasteiger partial charge on any atom is -0.393 e. The van der Waals surface area contributed by atoms with Crippen LogP contribution in [0.1, 0.15) is 25.3 Å². The molecule has 2 rings (SSSR count). The third kappa shape index (κ3) is 4.32. The third-order valence-electron chi connectivity index (χ3n) is 3.98. The van der Waals surface area contributed by atoms with Crippen molar-refractivity contribution in [3.8, 4) is 0 Å². The molecular formula is C16H24N2O2. The maximum atomic E-state index is 12.0. The van der Waals surface area contributed by atoms with Crippen molar-refractivity contribution in [2.24, 2.45) is 5.92 Å². The van der Waals surface area contributed by atoms with E-state index in [9.17, 15) is 9.90 Å². The minimum atomic E-state index is -0.238. The van der Waals surface area contributed by atoms with Crippen LogP contribution in [0.25, 0.3) is 0 Å². The molecule has 0 radical (unpaired) electrons. The average molecular weight is 276 g/mol. The quantitative estimate of drug-likeness (QED) is 0.884. The molecular weight excluding hydrogens is 252 g/mol. The number of hydrogen-bond donors (Lipinski definition) is 2. The molecule has 1 amide bonds. The smallest absolute Gasteiger partial charge is 0.238 e. The highest BCUT2D eigenvalue weighted by Gasteiger charge is 2.23. The molecule has 0 spiro atoms. The number of aliphatic hydroxyl groups is 1. The van der Waals surface area contributed by atoms with E-state index in [4.69, 9.17) is 0 Å². The maximum Gasteiger partial charge on any atom is 0.238 e. The van der Waals surface area contributed by atoms with Gasteiger partial charge in [0.15, 0.2) is 0 Å². The predicted octanol–water partition coefficient (Wildman–Crippen LogP) is 2.03. The number of rotatable bonds is 4. The largest absolute Gasteiger partial charge is 0.393 e. The summed E-state index contributed by atoms with van der Waals surface area (Å²) in [5.74, 6) is 0.414. The Hall–Kier alpha value is -1.39. The van der Waals surface area contributed by atoms with Crippen LogP contribution in [-0.2, 0) is 4.79 Å². The summed E-state index contributed by atoms with van der Waals surface area (Å²) in [6.07, 6.45) is 1.70. The number of anilines is 1. The summed E-state index contributed by atoms with van der Waals surface area (Å²) in [7, 11) is 0. The first kappa shape index (κ1) is 15.0. The van der Waals surface area contributed by atoms with Gasteiger partial charge in [0.2, 0.25) is 5.91 Å². The molecule has 1 heterocycles. The predicted molar refractivity (Wildman–Crippen MR) is 80.7 cm³/mol. The molecule has 1 aliphatic heterocycles. The van der Waals surface area contributed by atoms with Gasteiger partial charge in [0.1, 0.15) is 0 Å². The summed E-state index contributed by atoms with van der Waals surface area (Å²) in [6, 6.07) is 7.83. The normalized spacial score (nSPS) is 18.8. The van der Waals surface area contributed by atoms with Crippen molar-refractivity contribution in [3.05, 3.63) is 29.8 Å². The van der Waals surface area contributed by atoms with Gasteiger partial charge >= 0.3 is 0 Å². The Balaban J connectivity index is 1.78. The van der Waals surface area contributed by atoms with Gasteiger partial charge in [-0.2, -0.15) is 0 Å². The van der Waals surface area contributed by atoms with Gasteiger partial charge in [-0.05, 0) is 63.4 Å². The maximum absolute atomic E-state index is 12.0. The molecule has 4 heteroatoms. The number of aryl methyl sites for hydroxylation is 1. The fourth-order valence-corrected chi connectivity index (χ4v) is 2.72. The van der Waals surface area contributed by atoms with Gasteiger partial charge in [0.25, 0.3) is 0 Å². The second-order valence-electron chi connectivity index (χ2n) is 5.77. The molecule has 1 saturated heterocycles. The number of carbonyl (C=O) groups is 1. The molecule has 0 saturated carbocycles. The van der Waals surface area contributed by atoms with Crippen LogP contribution < -0.4 is 5.32 Å². The lowest BCUT2D eigenvalue weighted by Gasteiger charge is -2.32. The van der Waals surface area contributed by atoms with Gasteiger partial charge in [0, 0.05) is 5.69 Å². The molecule has 110 valence electrons. The number of nitrogens with zero attached hydrogens (tertiary/aromatic N) is 1. The Kier molecular flexibility index (Phi) is 5.15. The Bertz CT molecular complexity index is 452. The molecule has 20 heavy (non-hydrogen) atoms. The first-order valence-corrected chi connectivity index (χ1v) is 7.31.